The SMILES string of the molecule is CN=Nc1ccc2c(c1)C(=O)c1cc(N=Nc3c(O)c(CONc4ccccc4)cc4ccccc34)ccc1-2.Cc1c(O)c(C(=O)Nc2ccccc2)cc2ccccc12. The van der Waals surface area contributed by atoms with Crippen molar-refractivity contribution < 1.29 is 24.6 Å². The topological polar surface area (TPSA) is 157 Å². The lowest BCUT2D eigenvalue weighted by atomic mass is 10.00. The Labute approximate surface area is 345 Å². The van der Waals surface area contributed by atoms with E-state index in [1.54, 1.807) is 31.3 Å². The Morgan fingerprint density at radius 3 is 1.82 bits per heavy atom. The van der Waals surface area contributed by atoms with Crippen LogP contribution in [0.25, 0.3) is 32.7 Å². The Morgan fingerprint density at radius 2 is 1.17 bits per heavy atom. The number of nitrogens with zero attached hydrogens (tertiary/aromatic N) is 4. The average Bonchev–Trinajstić information content (AvgIpc) is 3.55. The molecule has 8 aromatic carbocycles. The lowest BCUT2D eigenvalue weighted by Gasteiger charge is -2.12. The van der Waals surface area contributed by atoms with Crippen molar-refractivity contribution in [3.05, 3.63) is 186 Å². The van der Waals surface area contributed by atoms with Crippen LogP contribution in [0.2, 0.25) is 0 Å². The molecule has 60 heavy (non-hydrogen) atoms. The summed E-state index contributed by atoms with van der Waals surface area (Å²) < 4.78 is 0. The van der Waals surface area contributed by atoms with Gasteiger partial charge < -0.3 is 15.5 Å². The highest BCUT2D eigenvalue weighted by Crippen LogP contribution is 2.42. The molecule has 0 bridgehead atoms. The fourth-order valence-electron chi connectivity index (χ4n) is 7.10. The van der Waals surface area contributed by atoms with Crippen LogP contribution < -0.4 is 10.8 Å². The minimum absolute atomic E-state index is 0.0189. The van der Waals surface area contributed by atoms with E-state index >= 15 is 0 Å². The number of rotatable bonds is 9. The highest BCUT2D eigenvalue weighted by atomic mass is 16.6. The van der Waals surface area contributed by atoms with Gasteiger partial charge >= 0.3 is 0 Å². The van der Waals surface area contributed by atoms with Gasteiger partial charge in [0.1, 0.15) is 23.8 Å². The molecule has 0 aromatic heterocycles. The number of fused-ring (bicyclic) bond motifs is 5. The van der Waals surface area contributed by atoms with Crippen molar-refractivity contribution >= 4 is 61.7 Å². The number of para-hydroxylation sites is 2. The maximum atomic E-state index is 13.1. The number of hydrogen-bond acceptors (Lipinski definition) is 10. The molecule has 1 aliphatic carbocycles. The number of anilines is 2. The van der Waals surface area contributed by atoms with Crippen molar-refractivity contribution in [3.8, 4) is 22.6 Å². The van der Waals surface area contributed by atoms with Crippen molar-refractivity contribution in [3.63, 3.8) is 0 Å². The number of hydrogen-bond donors (Lipinski definition) is 4. The number of phenols is 2. The van der Waals surface area contributed by atoms with E-state index in [-0.39, 0.29) is 35.4 Å². The summed E-state index contributed by atoms with van der Waals surface area (Å²) in [5.41, 5.74) is 10.2. The number of aromatic hydroxyl groups is 2. The summed E-state index contributed by atoms with van der Waals surface area (Å²) in [5, 5.41) is 44.4. The van der Waals surface area contributed by atoms with E-state index in [1.165, 1.54) is 0 Å². The van der Waals surface area contributed by atoms with Crippen LogP contribution in [-0.2, 0) is 11.4 Å². The fourth-order valence-corrected chi connectivity index (χ4v) is 7.10. The molecule has 0 atom stereocenters. The van der Waals surface area contributed by atoms with Crippen LogP contribution in [0.15, 0.2) is 178 Å². The molecule has 0 unspecified atom stereocenters. The molecule has 0 spiro atoms. The number of carbonyl (C=O) groups excluding carboxylic acids is 2. The second-order valence-electron chi connectivity index (χ2n) is 13.9. The van der Waals surface area contributed by atoms with Crippen LogP contribution in [0.5, 0.6) is 11.5 Å². The van der Waals surface area contributed by atoms with Crippen molar-refractivity contribution in [1.29, 1.82) is 0 Å². The minimum atomic E-state index is -0.312. The third kappa shape index (κ3) is 8.06. The third-order valence-electron chi connectivity index (χ3n) is 10.1. The number of carbonyl (C=O) groups is 2. The van der Waals surface area contributed by atoms with Gasteiger partial charge in [-0.3, -0.25) is 19.9 Å². The number of nitrogens with one attached hydrogen (secondary N) is 2. The fraction of sp³-hybridized carbons (Fsp3) is 0.0612. The van der Waals surface area contributed by atoms with E-state index in [2.05, 4.69) is 31.3 Å². The Balaban J connectivity index is 0.000000200. The number of amides is 1. The van der Waals surface area contributed by atoms with Gasteiger partial charge in [-0.25, -0.2) is 0 Å². The van der Waals surface area contributed by atoms with Gasteiger partial charge in [0.25, 0.3) is 5.91 Å². The minimum Gasteiger partial charge on any atom is -0.507 e. The van der Waals surface area contributed by atoms with Crippen LogP contribution in [0.4, 0.5) is 28.4 Å². The molecule has 1 aliphatic rings. The lowest BCUT2D eigenvalue weighted by molar-refractivity contribution is 0.102. The summed E-state index contributed by atoms with van der Waals surface area (Å²) in [6.07, 6.45) is 0. The first-order valence-electron chi connectivity index (χ1n) is 19.1. The zero-order chi connectivity index (χ0) is 41.6. The Kier molecular flexibility index (Phi) is 11.1. The van der Waals surface area contributed by atoms with E-state index in [4.69, 9.17) is 4.84 Å². The Hall–Kier alpha value is -8.02. The highest BCUT2D eigenvalue weighted by molar-refractivity contribution is 6.22. The van der Waals surface area contributed by atoms with Crippen molar-refractivity contribution in [1.82, 2.24) is 0 Å². The first-order chi connectivity index (χ1) is 29.3. The summed E-state index contributed by atoms with van der Waals surface area (Å²) in [5.74, 6) is -0.396. The van der Waals surface area contributed by atoms with Gasteiger partial charge in [0.05, 0.1) is 22.6 Å². The molecule has 0 radical (unpaired) electrons. The van der Waals surface area contributed by atoms with E-state index in [0.29, 0.717) is 45.0 Å². The van der Waals surface area contributed by atoms with E-state index in [0.717, 1.165) is 38.4 Å². The van der Waals surface area contributed by atoms with Gasteiger partial charge in [-0.1, -0.05) is 97.1 Å². The number of aryl methyl sites for hydroxylation is 1. The van der Waals surface area contributed by atoms with Crippen LogP contribution in [0.1, 0.15) is 37.4 Å². The van der Waals surface area contributed by atoms with E-state index in [9.17, 15) is 19.8 Å². The summed E-state index contributed by atoms with van der Waals surface area (Å²) in [6.45, 7) is 1.93. The molecule has 0 aliphatic heterocycles. The van der Waals surface area contributed by atoms with Crippen LogP contribution in [-0.4, -0.2) is 29.0 Å². The number of ketones is 1. The molecule has 0 heterocycles. The Bertz CT molecular complexity index is 2970. The molecule has 4 N–H and O–H groups in total. The number of azo groups is 2. The summed E-state index contributed by atoms with van der Waals surface area (Å²) in [7, 11) is 1.59. The summed E-state index contributed by atoms with van der Waals surface area (Å²) in [4.78, 5) is 31.1. The largest absolute Gasteiger partial charge is 0.507 e. The predicted octanol–water partition coefficient (Wildman–Crippen LogP) is 12.5. The number of phenolic OH excluding ortho intramolecular Hbond substituents is 2. The number of benzene rings is 8. The molecule has 11 nitrogen and oxygen atoms in total. The normalized spacial score (nSPS) is 11.7. The van der Waals surface area contributed by atoms with Crippen molar-refractivity contribution in [2.24, 2.45) is 20.5 Å². The average molecular weight is 791 g/mol. The zero-order valence-electron chi connectivity index (χ0n) is 32.6. The second-order valence-corrected chi connectivity index (χ2v) is 13.9. The molecule has 0 saturated carbocycles. The first kappa shape index (κ1) is 38.8. The first-order valence-corrected chi connectivity index (χ1v) is 19.1. The lowest BCUT2D eigenvalue weighted by Crippen LogP contribution is -2.12. The maximum absolute atomic E-state index is 13.1. The highest BCUT2D eigenvalue weighted by Gasteiger charge is 2.27. The smallest absolute Gasteiger partial charge is 0.259 e. The molecular weight excluding hydrogens is 753 g/mol. The molecular formula is C49H38N6O5. The molecule has 8 aromatic rings. The van der Waals surface area contributed by atoms with Gasteiger partial charge in [-0.15, -0.1) is 5.11 Å². The van der Waals surface area contributed by atoms with Gasteiger partial charge in [0.2, 0.25) is 0 Å². The third-order valence-corrected chi connectivity index (χ3v) is 10.1. The van der Waals surface area contributed by atoms with Crippen LogP contribution >= 0.6 is 0 Å². The maximum Gasteiger partial charge on any atom is 0.259 e. The van der Waals surface area contributed by atoms with Crippen molar-refractivity contribution in [2.75, 3.05) is 17.8 Å². The second kappa shape index (κ2) is 17.2. The Morgan fingerprint density at radius 1 is 0.600 bits per heavy atom. The van der Waals surface area contributed by atoms with Gasteiger partial charge in [0, 0.05) is 34.8 Å². The van der Waals surface area contributed by atoms with Gasteiger partial charge in [-0.05, 0) is 100 Å². The molecule has 294 valence electrons. The zero-order valence-corrected chi connectivity index (χ0v) is 32.6. The standard InChI is InChI=1S/C31H23N5O3.C18H15NO2/c1-32-33-22-11-13-25-26-14-12-23(17-28(26)31(38)27(25)16-22)34-35-29-24-10-6-5-7-19(24)15-20(30(29)37)18-39-36-21-8-3-2-4-9-21;1-12-15-10-6-5-7-13(15)11-16(17(12)20)18(21)19-14-8-3-2-4-9-14/h2-17,36-37H,18H2,1H3;2-11,20H,1H3,(H,19,21). The predicted molar refractivity (Wildman–Crippen MR) is 235 cm³/mol. The van der Waals surface area contributed by atoms with Gasteiger partial charge in [0.15, 0.2) is 5.78 Å². The summed E-state index contributed by atoms with van der Waals surface area (Å²) >= 11 is 0. The van der Waals surface area contributed by atoms with E-state index in [1.807, 2.05) is 140 Å². The quantitative estimate of drug-likeness (QED) is 0.0842. The molecule has 0 fully saturated rings. The van der Waals surface area contributed by atoms with Crippen LogP contribution in [0.3, 0.4) is 0 Å². The van der Waals surface area contributed by atoms with Crippen LogP contribution in [0, 0.1) is 6.92 Å². The monoisotopic (exact) mass is 790 g/mol. The summed E-state index contributed by atoms with van der Waals surface area (Å²) in [6, 6.07) is 48.5. The van der Waals surface area contributed by atoms with E-state index < -0.39 is 0 Å². The molecule has 11 heteroatoms. The van der Waals surface area contributed by atoms with Crippen molar-refractivity contribution in [2.45, 2.75) is 13.5 Å². The van der Waals surface area contributed by atoms with Gasteiger partial charge in [-0.2, -0.15) is 15.3 Å². The molecule has 1 amide bonds. The molecule has 0 saturated heterocycles. The molecule has 9 rings (SSSR count).